The number of rotatable bonds is 7. The lowest BCUT2D eigenvalue weighted by molar-refractivity contribution is -0.118. The van der Waals surface area contributed by atoms with Gasteiger partial charge in [-0.2, -0.15) is 0 Å². The van der Waals surface area contributed by atoms with Crippen LogP contribution in [-0.2, 0) is 17.6 Å². The summed E-state index contributed by atoms with van der Waals surface area (Å²) < 4.78 is 10.6. The van der Waals surface area contributed by atoms with Crippen LogP contribution in [0.3, 0.4) is 0 Å². The summed E-state index contributed by atoms with van der Waals surface area (Å²) in [4.78, 5) is 12.4. The monoisotopic (exact) mass is 379 g/mol. The Labute approximate surface area is 164 Å². The molecule has 146 valence electrons. The largest absolute Gasteiger partial charge is 0.483 e. The van der Waals surface area contributed by atoms with Gasteiger partial charge in [0.25, 0.3) is 5.91 Å². The molecule has 2 aromatic carbocycles. The van der Waals surface area contributed by atoms with E-state index in [-0.39, 0.29) is 12.5 Å². The number of carbonyl (C=O) groups excluding carboxylic acids is 1. The number of nitrogens with one attached hydrogen (secondary N) is 1. The van der Waals surface area contributed by atoms with Gasteiger partial charge >= 0.3 is 0 Å². The van der Waals surface area contributed by atoms with E-state index < -0.39 is 0 Å². The average Bonchev–Trinajstić information content (AvgIpc) is 3.14. The minimum absolute atomic E-state index is 0.117. The molecule has 1 N–H and O–H groups in total. The summed E-state index contributed by atoms with van der Waals surface area (Å²) in [6.07, 6.45) is 1.75. The topological polar surface area (TPSA) is 77.3 Å². The highest BCUT2D eigenvalue weighted by Crippen LogP contribution is 2.29. The van der Waals surface area contributed by atoms with Gasteiger partial charge in [-0.25, -0.2) is 4.63 Å². The molecule has 1 aromatic heterocycles. The number of hydrogen-bond acceptors (Lipinski definition) is 5. The summed E-state index contributed by atoms with van der Waals surface area (Å²) in [6.45, 7) is 7.96. The van der Waals surface area contributed by atoms with E-state index in [2.05, 4.69) is 47.7 Å². The molecular formula is C22H25N3O3. The predicted octanol–water partition coefficient (Wildman–Crippen LogP) is 4.50. The van der Waals surface area contributed by atoms with Crippen LogP contribution in [0.1, 0.15) is 36.1 Å². The molecule has 6 nitrogen and oxygen atoms in total. The first kappa shape index (κ1) is 19.6. The summed E-state index contributed by atoms with van der Waals surface area (Å²) in [5.74, 6) is 0.711. The molecule has 1 amide bonds. The quantitative estimate of drug-likeness (QED) is 0.654. The third-order valence-corrected chi connectivity index (χ3v) is 4.72. The Morgan fingerprint density at radius 1 is 1.07 bits per heavy atom. The molecule has 0 saturated carbocycles. The number of hydrogen-bond donors (Lipinski definition) is 1. The number of carbonyl (C=O) groups is 1. The number of aryl methyl sites for hydroxylation is 4. The maximum atomic E-state index is 12.4. The van der Waals surface area contributed by atoms with E-state index in [1.54, 1.807) is 0 Å². The Hall–Kier alpha value is -3.15. The summed E-state index contributed by atoms with van der Waals surface area (Å²) in [5.41, 5.74) is 5.74. The van der Waals surface area contributed by atoms with Gasteiger partial charge in [0.15, 0.2) is 12.3 Å². The maximum absolute atomic E-state index is 12.4. The van der Waals surface area contributed by atoms with Crippen molar-refractivity contribution >= 4 is 11.7 Å². The second kappa shape index (κ2) is 8.69. The Morgan fingerprint density at radius 3 is 2.50 bits per heavy atom. The van der Waals surface area contributed by atoms with E-state index in [0.29, 0.717) is 11.5 Å². The molecule has 0 fully saturated rings. The molecular weight excluding hydrogens is 354 g/mol. The first-order valence-electron chi connectivity index (χ1n) is 9.47. The van der Waals surface area contributed by atoms with Crippen molar-refractivity contribution < 1.29 is 14.2 Å². The van der Waals surface area contributed by atoms with Crippen molar-refractivity contribution in [2.24, 2.45) is 0 Å². The smallest absolute Gasteiger partial charge is 0.263 e. The van der Waals surface area contributed by atoms with Gasteiger partial charge < -0.3 is 10.1 Å². The molecule has 0 aliphatic heterocycles. The van der Waals surface area contributed by atoms with Crippen molar-refractivity contribution in [3.8, 4) is 17.0 Å². The van der Waals surface area contributed by atoms with Crippen LogP contribution >= 0.6 is 0 Å². The summed E-state index contributed by atoms with van der Waals surface area (Å²) in [5, 5.41) is 10.7. The lowest BCUT2D eigenvalue weighted by Crippen LogP contribution is -2.21. The molecule has 6 heteroatoms. The van der Waals surface area contributed by atoms with Gasteiger partial charge in [-0.05, 0) is 65.3 Å². The van der Waals surface area contributed by atoms with Crippen molar-refractivity contribution in [2.45, 2.75) is 40.5 Å². The van der Waals surface area contributed by atoms with Crippen molar-refractivity contribution in [3.05, 3.63) is 58.7 Å². The van der Waals surface area contributed by atoms with E-state index in [9.17, 15) is 4.79 Å². The average molecular weight is 379 g/mol. The molecule has 28 heavy (non-hydrogen) atoms. The first-order chi connectivity index (χ1) is 13.5. The van der Waals surface area contributed by atoms with Crippen LogP contribution in [0.2, 0.25) is 0 Å². The number of amides is 1. The normalized spacial score (nSPS) is 10.7. The van der Waals surface area contributed by atoms with E-state index in [1.165, 1.54) is 5.56 Å². The van der Waals surface area contributed by atoms with Gasteiger partial charge in [0, 0.05) is 5.56 Å². The highest BCUT2D eigenvalue weighted by atomic mass is 16.6. The van der Waals surface area contributed by atoms with Crippen LogP contribution < -0.4 is 10.1 Å². The molecule has 0 unspecified atom stereocenters. The molecule has 0 spiro atoms. The van der Waals surface area contributed by atoms with Crippen LogP contribution in [0.4, 0.5) is 5.82 Å². The van der Waals surface area contributed by atoms with E-state index in [4.69, 9.17) is 9.37 Å². The lowest BCUT2D eigenvalue weighted by atomic mass is 9.98. The Kier molecular flexibility index (Phi) is 6.09. The fourth-order valence-corrected chi connectivity index (χ4v) is 3.15. The Bertz CT molecular complexity index is 959. The molecule has 0 aliphatic rings. The van der Waals surface area contributed by atoms with Gasteiger partial charge in [0.1, 0.15) is 5.75 Å². The van der Waals surface area contributed by atoms with Gasteiger partial charge in [0.2, 0.25) is 5.82 Å². The molecule has 0 bridgehead atoms. The van der Waals surface area contributed by atoms with Crippen LogP contribution in [0, 0.1) is 13.8 Å². The van der Waals surface area contributed by atoms with E-state index in [0.717, 1.165) is 40.8 Å². The Balaban J connectivity index is 1.77. The van der Waals surface area contributed by atoms with Crippen molar-refractivity contribution in [2.75, 3.05) is 11.9 Å². The van der Waals surface area contributed by atoms with Gasteiger partial charge in [-0.15, -0.1) is 0 Å². The summed E-state index contributed by atoms with van der Waals surface area (Å²) in [6, 6.07) is 12.1. The summed E-state index contributed by atoms with van der Waals surface area (Å²) in [7, 11) is 0. The second-order valence-electron chi connectivity index (χ2n) is 6.72. The van der Waals surface area contributed by atoms with Crippen LogP contribution in [0.25, 0.3) is 11.3 Å². The lowest BCUT2D eigenvalue weighted by Gasteiger charge is -2.12. The Morgan fingerprint density at radius 2 is 1.82 bits per heavy atom. The van der Waals surface area contributed by atoms with Crippen molar-refractivity contribution in [1.29, 1.82) is 0 Å². The number of ether oxygens (including phenoxy) is 1. The van der Waals surface area contributed by atoms with Gasteiger partial charge in [-0.1, -0.05) is 44.2 Å². The molecule has 0 radical (unpaired) electrons. The minimum atomic E-state index is -0.315. The highest BCUT2D eigenvalue weighted by molar-refractivity contribution is 5.94. The molecule has 0 aliphatic carbocycles. The van der Waals surface area contributed by atoms with Crippen LogP contribution in [0.15, 0.2) is 41.0 Å². The number of para-hydroxylation sites is 1. The fourth-order valence-electron chi connectivity index (χ4n) is 3.15. The van der Waals surface area contributed by atoms with Crippen molar-refractivity contribution in [1.82, 2.24) is 10.3 Å². The maximum Gasteiger partial charge on any atom is 0.263 e. The molecule has 1 heterocycles. The van der Waals surface area contributed by atoms with E-state index >= 15 is 0 Å². The van der Waals surface area contributed by atoms with Gasteiger partial charge in [-0.3, -0.25) is 4.79 Å². The van der Waals surface area contributed by atoms with Gasteiger partial charge in [0.05, 0.1) is 0 Å². The minimum Gasteiger partial charge on any atom is -0.483 e. The second-order valence-corrected chi connectivity index (χ2v) is 6.72. The number of anilines is 1. The molecule has 3 rings (SSSR count). The standard InChI is InChI=1S/C22H25N3O3/c1-5-16-10-11-17(6-2)18(12-16)20-22(25-28-24-20)23-19(26)13-27-21-14(3)8-7-9-15(21)4/h7-12H,5-6,13H2,1-4H3,(H,23,25,26). The first-order valence-corrected chi connectivity index (χ1v) is 9.47. The van der Waals surface area contributed by atoms with E-state index in [1.807, 2.05) is 32.0 Å². The SMILES string of the molecule is CCc1ccc(CC)c(-c2nonc2NC(=O)COc2c(C)cccc2C)c1. The summed E-state index contributed by atoms with van der Waals surface area (Å²) >= 11 is 0. The fraction of sp³-hybridized carbons (Fsp3) is 0.318. The zero-order valence-electron chi connectivity index (χ0n) is 16.7. The van der Waals surface area contributed by atoms with Crippen LogP contribution in [-0.4, -0.2) is 22.8 Å². The van der Waals surface area contributed by atoms with Crippen LogP contribution in [0.5, 0.6) is 5.75 Å². The number of aromatic nitrogens is 2. The predicted molar refractivity (Wildman–Crippen MR) is 109 cm³/mol. The molecule has 3 aromatic rings. The van der Waals surface area contributed by atoms with Crippen molar-refractivity contribution in [3.63, 3.8) is 0 Å². The number of benzene rings is 2. The zero-order chi connectivity index (χ0) is 20.1. The third-order valence-electron chi connectivity index (χ3n) is 4.72. The number of nitrogens with zero attached hydrogens (tertiary/aromatic N) is 2. The zero-order valence-corrected chi connectivity index (χ0v) is 16.7. The molecule has 0 atom stereocenters. The highest BCUT2D eigenvalue weighted by Gasteiger charge is 2.18. The molecule has 0 saturated heterocycles. The third kappa shape index (κ3) is 4.22.